The van der Waals surface area contributed by atoms with Crippen LogP contribution in [0.5, 0.6) is 11.5 Å². The number of fused-ring (bicyclic) bond motifs is 2. The maximum atomic E-state index is 13.8. The highest BCUT2D eigenvalue weighted by molar-refractivity contribution is 6.12. The molecule has 0 fully saturated rings. The highest BCUT2D eigenvalue weighted by atomic mass is 16.5. The van der Waals surface area contributed by atoms with Crippen molar-refractivity contribution in [1.82, 2.24) is 34.2 Å². The van der Waals surface area contributed by atoms with E-state index in [-0.39, 0.29) is 16.9 Å². The number of ether oxygens (including phenoxy) is 2. The van der Waals surface area contributed by atoms with E-state index in [1.807, 2.05) is 72.9 Å². The fourth-order valence-electron chi connectivity index (χ4n) is 6.44. The maximum absolute atomic E-state index is 13.8. The first-order chi connectivity index (χ1) is 26.3. The lowest BCUT2D eigenvalue weighted by molar-refractivity contribution is 0.102. The summed E-state index contributed by atoms with van der Waals surface area (Å²) < 4.78 is 15.0. The second-order valence-corrected chi connectivity index (χ2v) is 12.9. The normalized spacial score (nSPS) is 11.3. The van der Waals surface area contributed by atoms with Gasteiger partial charge < -0.3 is 24.7 Å². The topological polar surface area (TPSA) is 141 Å². The van der Waals surface area contributed by atoms with Crippen LogP contribution in [-0.4, -0.2) is 66.8 Å². The van der Waals surface area contributed by atoms with Crippen LogP contribution >= 0.6 is 0 Å². The molecule has 0 radical (unpaired) electrons. The highest BCUT2D eigenvalue weighted by Gasteiger charge is 2.21. The number of methoxy groups -OCH3 is 2. The molecule has 0 aliphatic heterocycles. The summed E-state index contributed by atoms with van der Waals surface area (Å²) in [7, 11) is 4.92. The quantitative estimate of drug-likeness (QED) is 0.129. The first-order valence-corrected chi connectivity index (χ1v) is 17.6. The van der Waals surface area contributed by atoms with Crippen LogP contribution < -0.4 is 20.1 Å². The number of amides is 2. The average Bonchev–Trinajstić information content (AvgIpc) is 3.81. The summed E-state index contributed by atoms with van der Waals surface area (Å²) in [5, 5.41) is 11.3. The molecule has 7 rings (SSSR count). The molecule has 0 atom stereocenters. The van der Waals surface area contributed by atoms with Crippen molar-refractivity contribution in [2.75, 3.05) is 31.4 Å². The van der Waals surface area contributed by atoms with Crippen molar-refractivity contribution in [3.8, 4) is 11.5 Å². The fraction of sp³-hybridized carbons (Fsp3) is 0.220. The van der Waals surface area contributed by atoms with Gasteiger partial charge >= 0.3 is 0 Å². The number of para-hydroxylation sites is 2. The third-order valence-electron chi connectivity index (χ3n) is 9.37. The third kappa shape index (κ3) is 7.91. The number of carbonyl (C=O) groups is 2. The fourth-order valence-corrected chi connectivity index (χ4v) is 6.44. The number of hydrogen-bond donors (Lipinski definition) is 2. The zero-order valence-corrected chi connectivity index (χ0v) is 30.6. The smallest absolute Gasteiger partial charge is 0.275 e. The Morgan fingerprint density at radius 1 is 0.815 bits per heavy atom. The van der Waals surface area contributed by atoms with Crippen molar-refractivity contribution >= 4 is 45.1 Å². The van der Waals surface area contributed by atoms with Crippen molar-refractivity contribution < 1.29 is 19.1 Å². The van der Waals surface area contributed by atoms with Crippen molar-refractivity contribution in [1.29, 1.82) is 0 Å². The molecular formula is C41H41N9O4. The van der Waals surface area contributed by atoms with Gasteiger partial charge in [-0.05, 0) is 66.9 Å². The van der Waals surface area contributed by atoms with Crippen molar-refractivity contribution in [3.05, 3.63) is 132 Å². The first-order valence-electron chi connectivity index (χ1n) is 17.6. The van der Waals surface area contributed by atoms with Gasteiger partial charge in [-0.1, -0.05) is 30.3 Å². The lowest BCUT2D eigenvalue weighted by atomic mass is 10.1. The molecule has 0 saturated carbocycles. The van der Waals surface area contributed by atoms with Crippen LogP contribution in [-0.2, 0) is 33.1 Å². The van der Waals surface area contributed by atoms with Gasteiger partial charge in [0.05, 0.1) is 66.4 Å². The molecule has 3 heterocycles. The number of anilines is 2. The second kappa shape index (κ2) is 16.0. The number of nitrogens with zero attached hydrogens (tertiary/aromatic N) is 7. The molecule has 2 amide bonds. The van der Waals surface area contributed by atoms with E-state index in [0.717, 1.165) is 54.8 Å². The summed E-state index contributed by atoms with van der Waals surface area (Å²) >= 11 is 0. The number of rotatable bonds is 14. The summed E-state index contributed by atoms with van der Waals surface area (Å²) in [6.45, 7) is 5.31. The van der Waals surface area contributed by atoms with E-state index < -0.39 is 11.8 Å². The number of benzene rings is 4. The number of aromatic nitrogens is 6. The minimum absolute atomic E-state index is 0.106. The summed E-state index contributed by atoms with van der Waals surface area (Å²) in [6, 6.07) is 24.6. The lowest BCUT2D eigenvalue weighted by Crippen LogP contribution is -2.26. The number of carbonyl (C=O) groups excluding carboxylic acids is 2. The van der Waals surface area contributed by atoms with Gasteiger partial charge in [-0.2, -0.15) is 5.10 Å². The monoisotopic (exact) mass is 723 g/mol. The number of aryl methyl sites for hydroxylation is 2. The Morgan fingerprint density at radius 3 is 2.35 bits per heavy atom. The molecular weight excluding hydrogens is 683 g/mol. The van der Waals surface area contributed by atoms with Crippen LogP contribution in [0.25, 0.3) is 21.9 Å². The molecule has 13 nitrogen and oxygen atoms in total. The van der Waals surface area contributed by atoms with E-state index in [9.17, 15) is 9.59 Å². The molecule has 7 aromatic rings. The molecule has 0 bridgehead atoms. The van der Waals surface area contributed by atoms with Gasteiger partial charge in [-0.25, -0.2) is 9.97 Å². The predicted octanol–water partition coefficient (Wildman–Crippen LogP) is 6.50. The van der Waals surface area contributed by atoms with Crippen molar-refractivity contribution in [3.63, 3.8) is 0 Å². The Bertz CT molecular complexity index is 2440. The minimum atomic E-state index is -0.523. The largest absolute Gasteiger partial charge is 0.493 e. The third-order valence-corrected chi connectivity index (χ3v) is 9.37. The molecule has 274 valence electrons. The van der Waals surface area contributed by atoms with Gasteiger partial charge in [0.1, 0.15) is 5.69 Å². The lowest BCUT2D eigenvalue weighted by Gasteiger charge is -2.23. The Balaban J connectivity index is 1.05. The van der Waals surface area contributed by atoms with E-state index >= 15 is 0 Å². The number of hydrogen-bond acceptors (Lipinski definition) is 9. The van der Waals surface area contributed by atoms with Gasteiger partial charge in [0.25, 0.3) is 11.8 Å². The summed E-state index contributed by atoms with van der Waals surface area (Å²) in [5.74, 6) is -0.268. The first kappa shape index (κ1) is 35.8. The molecule has 2 N–H and O–H groups in total. The Kier molecular flexibility index (Phi) is 10.6. The molecule has 13 heteroatoms. The number of imidazole rings is 1. The van der Waals surface area contributed by atoms with E-state index in [1.54, 1.807) is 12.1 Å². The average molecular weight is 724 g/mol. The number of nitrogens with one attached hydrogen (secondary N) is 2. The Labute approximate surface area is 312 Å². The molecule has 0 aliphatic rings. The molecule has 0 aliphatic carbocycles. The van der Waals surface area contributed by atoms with E-state index in [1.165, 1.54) is 32.0 Å². The second-order valence-electron chi connectivity index (χ2n) is 12.9. The maximum Gasteiger partial charge on any atom is 0.275 e. The van der Waals surface area contributed by atoms with Crippen LogP contribution in [0.3, 0.4) is 0 Å². The zero-order chi connectivity index (χ0) is 37.6. The van der Waals surface area contributed by atoms with Gasteiger partial charge in [0, 0.05) is 56.6 Å². The minimum Gasteiger partial charge on any atom is -0.493 e. The van der Waals surface area contributed by atoms with E-state index in [0.29, 0.717) is 28.2 Å². The highest BCUT2D eigenvalue weighted by Crippen LogP contribution is 2.34. The molecule has 4 aromatic carbocycles. The molecule has 0 unspecified atom stereocenters. The zero-order valence-electron chi connectivity index (χ0n) is 30.6. The van der Waals surface area contributed by atoms with Crippen LogP contribution in [0.15, 0.2) is 104 Å². The summed E-state index contributed by atoms with van der Waals surface area (Å²) in [6.07, 6.45) is 7.92. The van der Waals surface area contributed by atoms with Gasteiger partial charge in [0.2, 0.25) is 0 Å². The summed E-state index contributed by atoms with van der Waals surface area (Å²) in [4.78, 5) is 42.7. The van der Waals surface area contributed by atoms with E-state index in [4.69, 9.17) is 9.47 Å². The SMILES string of the molecule is CCn1cncc1CN(CCc1ccc(NC(=O)c2cc(OC)c(OC)cc2NC(=O)c2cnc3ccccc3n2)cc1)Cc1ccc2c(cnn2C)c1. The molecule has 0 spiro atoms. The van der Waals surface area contributed by atoms with Crippen LogP contribution in [0.1, 0.15) is 44.6 Å². The van der Waals surface area contributed by atoms with Crippen LogP contribution in [0.2, 0.25) is 0 Å². The molecule has 54 heavy (non-hydrogen) atoms. The van der Waals surface area contributed by atoms with Crippen molar-refractivity contribution in [2.24, 2.45) is 7.05 Å². The Morgan fingerprint density at radius 2 is 1.57 bits per heavy atom. The predicted molar refractivity (Wildman–Crippen MR) is 208 cm³/mol. The summed E-state index contributed by atoms with van der Waals surface area (Å²) in [5.41, 5.74) is 6.98. The van der Waals surface area contributed by atoms with Crippen LogP contribution in [0, 0.1) is 0 Å². The van der Waals surface area contributed by atoms with Gasteiger partial charge in [-0.3, -0.25) is 24.2 Å². The van der Waals surface area contributed by atoms with Gasteiger partial charge in [-0.15, -0.1) is 0 Å². The van der Waals surface area contributed by atoms with Crippen molar-refractivity contribution in [2.45, 2.75) is 33.0 Å². The van der Waals surface area contributed by atoms with E-state index in [2.05, 4.69) is 65.3 Å². The van der Waals surface area contributed by atoms with Gasteiger partial charge in [0.15, 0.2) is 11.5 Å². The Hall–Kier alpha value is -6.60. The standard InChI is InChI=1S/C41H41N9O4/c1-5-50-26-42-22-31(50)25-49(24-28-12-15-37-29(18-28)21-44-48(37)2)17-16-27-10-13-30(14-11-27)45-40(51)32-19-38(53-3)39(54-4)20-35(32)47-41(52)36-23-43-33-8-6-7-9-34(33)46-36/h6-15,18-23,26H,5,16-17,24-25H2,1-4H3,(H,45,51)(H,47,52). The molecule has 3 aromatic heterocycles. The molecule has 0 saturated heterocycles. The van der Waals surface area contributed by atoms with Crippen LogP contribution in [0.4, 0.5) is 11.4 Å².